The van der Waals surface area contributed by atoms with Gasteiger partial charge in [0.15, 0.2) is 0 Å². The van der Waals surface area contributed by atoms with E-state index in [4.69, 9.17) is 0 Å². The monoisotopic (exact) mass is 254 g/mol. The fraction of sp³-hybridized carbons (Fsp3) is 0.571. The number of halogens is 1. The van der Waals surface area contributed by atoms with E-state index in [1.165, 1.54) is 37.1 Å². The van der Waals surface area contributed by atoms with Gasteiger partial charge < -0.3 is 5.32 Å². The molecule has 1 aliphatic rings. The molecular weight excluding hydrogens is 232 g/mol. The molecule has 2 rings (SSSR count). The van der Waals surface area contributed by atoms with Crippen LogP contribution in [0.4, 0.5) is 0 Å². The van der Waals surface area contributed by atoms with E-state index in [0.29, 0.717) is 0 Å². The number of nitrogens with zero attached hydrogens (tertiary/aromatic N) is 1. The summed E-state index contributed by atoms with van der Waals surface area (Å²) in [7, 11) is 2.07. The molecule has 1 aromatic rings. The maximum absolute atomic E-state index is 3.37. The van der Waals surface area contributed by atoms with Gasteiger partial charge in [-0.15, -0.1) is 12.4 Å². The first-order valence-corrected chi connectivity index (χ1v) is 6.23. The highest BCUT2D eigenvalue weighted by Gasteiger charge is 2.17. The zero-order valence-electron chi connectivity index (χ0n) is 10.8. The van der Waals surface area contributed by atoms with E-state index in [0.717, 1.165) is 12.6 Å². The molecule has 0 saturated carbocycles. The number of nitrogens with one attached hydrogen (secondary N) is 1. The van der Waals surface area contributed by atoms with E-state index in [1.54, 1.807) is 0 Å². The Morgan fingerprint density at radius 3 is 2.59 bits per heavy atom. The average Bonchev–Trinajstić information content (AvgIpc) is 2.30. The Hall–Kier alpha value is -0.570. The zero-order valence-corrected chi connectivity index (χ0v) is 11.6. The van der Waals surface area contributed by atoms with Crippen LogP contribution in [0, 0.1) is 6.92 Å². The lowest BCUT2D eigenvalue weighted by Crippen LogP contribution is -2.40. The maximum Gasteiger partial charge on any atom is 0.0233 e. The molecule has 1 aliphatic heterocycles. The highest BCUT2D eigenvalue weighted by molar-refractivity contribution is 5.85. The van der Waals surface area contributed by atoms with Crippen LogP contribution in [-0.4, -0.2) is 31.1 Å². The molecule has 0 amide bonds. The van der Waals surface area contributed by atoms with Crippen molar-refractivity contribution in [2.75, 3.05) is 20.1 Å². The van der Waals surface area contributed by atoms with E-state index < -0.39 is 0 Å². The minimum absolute atomic E-state index is 0. The Labute approximate surface area is 111 Å². The summed E-state index contributed by atoms with van der Waals surface area (Å²) in [6.07, 6.45) is 2.56. The van der Waals surface area contributed by atoms with Crippen molar-refractivity contribution in [1.29, 1.82) is 0 Å². The first-order chi connectivity index (χ1) is 7.78. The molecule has 2 nitrogen and oxygen atoms in total. The molecular formula is C14H23ClN2. The Morgan fingerprint density at radius 1 is 1.29 bits per heavy atom. The van der Waals surface area contributed by atoms with Gasteiger partial charge in [-0.3, -0.25) is 4.90 Å². The molecule has 0 bridgehead atoms. The second-order valence-electron chi connectivity index (χ2n) is 4.83. The molecule has 1 aromatic carbocycles. The van der Waals surface area contributed by atoms with Crippen LogP contribution in [0.25, 0.3) is 0 Å². The van der Waals surface area contributed by atoms with E-state index in [9.17, 15) is 0 Å². The second-order valence-corrected chi connectivity index (χ2v) is 4.83. The fourth-order valence-corrected chi connectivity index (χ4v) is 2.45. The maximum atomic E-state index is 3.37. The van der Waals surface area contributed by atoms with Gasteiger partial charge >= 0.3 is 0 Å². The molecule has 0 aromatic heterocycles. The number of rotatable bonds is 3. The number of aryl methyl sites for hydroxylation is 1. The van der Waals surface area contributed by atoms with Gasteiger partial charge in [-0.2, -0.15) is 0 Å². The van der Waals surface area contributed by atoms with Crippen LogP contribution in [0.1, 0.15) is 24.0 Å². The van der Waals surface area contributed by atoms with Gasteiger partial charge in [0.05, 0.1) is 0 Å². The van der Waals surface area contributed by atoms with Crippen LogP contribution < -0.4 is 5.32 Å². The Bertz CT molecular complexity index is 333. The summed E-state index contributed by atoms with van der Waals surface area (Å²) in [5.41, 5.74) is 2.81. The smallest absolute Gasteiger partial charge is 0.0233 e. The van der Waals surface area contributed by atoms with Crippen molar-refractivity contribution in [3.05, 3.63) is 35.4 Å². The lowest BCUT2D eigenvalue weighted by molar-refractivity contribution is 0.194. The Balaban J connectivity index is 0.00000144. The molecule has 3 heteroatoms. The van der Waals surface area contributed by atoms with Crippen LogP contribution >= 0.6 is 12.4 Å². The fourth-order valence-electron chi connectivity index (χ4n) is 2.45. The predicted molar refractivity (Wildman–Crippen MR) is 75.8 cm³/mol. The van der Waals surface area contributed by atoms with Gasteiger partial charge in [-0.25, -0.2) is 0 Å². The van der Waals surface area contributed by atoms with Gasteiger partial charge in [0.1, 0.15) is 0 Å². The van der Waals surface area contributed by atoms with Gasteiger partial charge in [-0.1, -0.05) is 29.8 Å². The number of hydrogen-bond acceptors (Lipinski definition) is 2. The lowest BCUT2D eigenvalue weighted by Gasteiger charge is -2.31. The van der Waals surface area contributed by atoms with E-state index >= 15 is 0 Å². The van der Waals surface area contributed by atoms with Crippen molar-refractivity contribution in [1.82, 2.24) is 10.2 Å². The third-order valence-electron chi connectivity index (χ3n) is 3.48. The van der Waals surface area contributed by atoms with E-state index in [2.05, 4.69) is 48.5 Å². The molecule has 1 saturated heterocycles. The topological polar surface area (TPSA) is 15.3 Å². The highest BCUT2D eigenvalue weighted by atomic mass is 35.5. The van der Waals surface area contributed by atoms with E-state index in [1.807, 2.05) is 0 Å². The summed E-state index contributed by atoms with van der Waals surface area (Å²) in [6.45, 7) is 5.72. The Morgan fingerprint density at radius 2 is 2.00 bits per heavy atom. The van der Waals surface area contributed by atoms with Crippen molar-refractivity contribution in [3.63, 3.8) is 0 Å². The summed E-state index contributed by atoms with van der Waals surface area (Å²) in [5.74, 6) is 0. The molecule has 0 spiro atoms. The van der Waals surface area contributed by atoms with Gasteiger partial charge in [0, 0.05) is 12.6 Å². The van der Waals surface area contributed by atoms with Gasteiger partial charge in [0.25, 0.3) is 0 Å². The molecule has 0 aliphatic carbocycles. The molecule has 1 fully saturated rings. The molecule has 96 valence electrons. The molecule has 17 heavy (non-hydrogen) atoms. The van der Waals surface area contributed by atoms with Gasteiger partial charge in [0.2, 0.25) is 0 Å². The number of likely N-dealkylation sites (tertiary alicyclic amines) is 1. The van der Waals surface area contributed by atoms with Crippen LogP contribution in [0.5, 0.6) is 0 Å². The third kappa shape index (κ3) is 4.30. The van der Waals surface area contributed by atoms with Crippen LogP contribution in [0.3, 0.4) is 0 Å². The van der Waals surface area contributed by atoms with Gasteiger partial charge in [-0.05, 0) is 45.5 Å². The highest BCUT2D eigenvalue weighted by Crippen LogP contribution is 2.14. The number of benzene rings is 1. The Kier molecular flexibility index (Phi) is 5.96. The minimum Gasteiger partial charge on any atom is -0.317 e. The summed E-state index contributed by atoms with van der Waals surface area (Å²) in [4.78, 5) is 2.56. The van der Waals surface area contributed by atoms with Crippen LogP contribution in [-0.2, 0) is 6.54 Å². The summed E-state index contributed by atoms with van der Waals surface area (Å²) in [5, 5.41) is 3.37. The quantitative estimate of drug-likeness (QED) is 0.892. The minimum atomic E-state index is 0. The summed E-state index contributed by atoms with van der Waals surface area (Å²) < 4.78 is 0. The SMILES string of the molecule is CNC1CCN(Cc2cccc(C)c2)CC1.Cl. The summed E-state index contributed by atoms with van der Waals surface area (Å²) >= 11 is 0. The lowest BCUT2D eigenvalue weighted by atomic mass is 10.0. The molecule has 0 atom stereocenters. The first-order valence-electron chi connectivity index (χ1n) is 6.23. The number of piperidine rings is 1. The largest absolute Gasteiger partial charge is 0.317 e. The standard InChI is InChI=1S/C14H22N2.ClH/c1-12-4-3-5-13(10-12)11-16-8-6-14(15-2)7-9-16;/h3-5,10,14-15H,6-9,11H2,1-2H3;1H. The molecule has 0 unspecified atom stereocenters. The van der Waals surface area contributed by atoms with E-state index in [-0.39, 0.29) is 12.4 Å². The van der Waals surface area contributed by atoms with Crippen molar-refractivity contribution in [2.24, 2.45) is 0 Å². The second kappa shape index (κ2) is 7.00. The third-order valence-corrected chi connectivity index (χ3v) is 3.48. The predicted octanol–water partition coefficient (Wildman–Crippen LogP) is 2.60. The molecule has 1 heterocycles. The van der Waals surface area contributed by atoms with Crippen molar-refractivity contribution >= 4 is 12.4 Å². The van der Waals surface area contributed by atoms with Crippen LogP contribution in [0.15, 0.2) is 24.3 Å². The van der Waals surface area contributed by atoms with Crippen LogP contribution in [0.2, 0.25) is 0 Å². The summed E-state index contributed by atoms with van der Waals surface area (Å²) in [6, 6.07) is 9.58. The average molecular weight is 255 g/mol. The first kappa shape index (κ1) is 14.5. The molecule has 0 radical (unpaired) electrons. The van der Waals surface area contributed by atoms with Crippen molar-refractivity contribution in [3.8, 4) is 0 Å². The molecule has 1 N–H and O–H groups in total. The normalized spacial score (nSPS) is 17.8. The van der Waals surface area contributed by atoms with Crippen molar-refractivity contribution < 1.29 is 0 Å². The van der Waals surface area contributed by atoms with Crippen molar-refractivity contribution in [2.45, 2.75) is 32.4 Å². The zero-order chi connectivity index (χ0) is 11.4. The number of hydrogen-bond donors (Lipinski definition) is 1.